The van der Waals surface area contributed by atoms with E-state index in [0.29, 0.717) is 22.2 Å². The molecule has 11 heteroatoms. The standard InChI is InChI=1S/C31H29F3N6O2/c1-18-25(12-13-40(18)2)38-26-11-10-21(31(32,33)34)15-27(26)39-29(41)24-14-20(9-8-19-16-36-30(35)37-17-19)22-6-4-5-7-23(22)28(24)42-3/h4-7,10-11,14-18,25,38H,12-13H2,1-3H3,(H,39,41)(H2,35,36,37)/t18?,25-/m1/s1. The quantitative estimate of drug-likeness (QED) is 0.274. The van der Waals surface area contributed by atoms with Crippen LogP contribution in [-0.4, -0.2) is 53.6 Å². The Morgan fingerprint density at radius 2 is 1.79 bits per heavy atom. The number of nitrogens with two attached hydrogens (primary N) is 1. The number of likely N-dealkylation sites (tertiary alicyclic amines) is 1. The van der Waals surface area contributed by atoms with Crippen LogP contribution in [0.5, 0.6) is 5.75 Å². The highest BCUT2D eigenvalue weighted by Gasteiger charge is 2.33. The molecular weight excluding hydrogens is 545 g/mol. The van der Waals surface area contributed by atoms with E-state index in [1.165, 1.54) is 25.6 Å². The van der Waals surface area contributed by atoms with E-state index in [1.807, 2.05) is 26.1 Å². The number of amides is 1. The predicted molar refractivity (Wildman–Crippen MR) is 156 cm³/mol. The summed E-state index contributed by atoms with van der Waals surface area (Å²) < 4.78 is 46.7. The summed E-state index contributed by atoms with van der Waals surface area (Å²) in [7, 11) is 3.43. The van der Waals surface area contributed by atoms with Gasteiger partial charge in [-0.15, -0.1) is 0 Å². The van der Waals surface area contributed by atoms with Crippen LogP contribution in [0.3, 0.4) is 0 Å². The summed E-state index contributed by atoms with van der Waals surface area (Å²) in [6.45, 7) is 2.90. The van der Waals surface area contributed by atoms with Crippen molar-refractivity contribution in [2.24, 2.45) is 0 Å². The first-order valence-corrected chi connectivity index (χ1v) is 13.2. The third kappa shape index (κ3) is 5.94. The summed E-state index contributed by atoms with van der Waals surface area (Å²) in [4.78, 5) is 23.8. The molecule has 2 heterocycles. The van der Waals surface area contributed by atoms with Gasteiger partial charge >= 0.3 is 6.18 Å². The molecule has 4 N–H and O–H groups in total. The van der Waals surface area contributed by atoms with Crippen molar-refractivity contribution >= 4 is 34.0 Å². The van der Waals surface area contributed by atoms with Crippen LogP contribution in [0.15, 0.2) is 60.9 Å². The van der Waals surface area contributed by atoms with Crippen LogP contribution in [0.25, 0.3) is 10.8 Å². The summed E-state index contributed by atoms with van der Waals surface area (Å²) in [5.41, 5.74) is 6.24. The van der Waals surface area contributed by atoms with Crippen molar-refractivity contribution in [3.63, 3.8) is 0 Å². The van der Waals surface area contributed by atoms with E-state index < -0.39 is 17.6 Å². The number of carbonyl (C=O) groups excluding carboxylic acids is 1. The SMILES string of the molecule is COc1c(C(=O)Nc2cc(C(F)(F)F)ccc2N[C@@H]2CCN(C)C2C)cc(C#Cc2cnc(N)nc2)c2ccccc12. The summed E-state index contributed by atoms with van der Waals surface area (Å²) in [6, 6.07) is 12.3. The van der Waals surface area contributed by atoms with Crippen molar-refractivity contribution in [3.8, 4) is 17.6 Å². The molecule has 216 valence electrons. The predicted octanol–water partition coefficient (Wildman–Crippen LogP) is 5.40. The number of hydrogen-bond donors (Lipinski definition) is 3. The molecule has 0 radical (unpaired) electrons. The zero-order valence-electron chi connectivity index (χ0n) is 23.2. The van der Waals surface area contributed by atoms with Gasteiger partial charge in [0.2, 0.25) is 5.95 Å². The van der Waals surface area contributed by atoms with Gasteiger partial charge in [-0.25, -0.2) is 9.97 Å². The van der Waals surface area contributed by atoms with Crippen molar-refractivity contribution < 1.29 is 22.7 Å². The number of alkyl halides is 3. The van der Waals surface area contributed by atoms with Crippen LogP contribution in [-0.2, 0) is 6.18 Å². The zero-order chi connectivity index (χ0) is 30.0. The van der Waals surface area contributed by atoms with Gasteiger partial charge in [-0.2, -0.15) is 13.2 Å². The lowest BCUT2D eigenvalue weighted by atomic mass is 9.98. The van der Waals surface area contributed by atoms with Crippen LogP contribution in [0.4, 0.5) is 30.5 Å². The molecule has 42 heavy (non-hydrogen) atoms. The van der Waals surface area contributed by atoms with Crippen LogP contribution in [0.2, 0.25) is 0 Å². The maximum atomic E-state index is 13.8. The van der Waals surface area contributed by atoms with Gasteiger partial charge in [0.05, 0.1) is 35.2 Å². The second-order valence-electron chi connectivity index (χ2n) is 10.1. The first-order valence-electron chi connectivity index (χ1n) is 13.2. The minimum Gasteiger partial charge on any atom is -0.495 e. The molecule has 1 aliphatic rings. The summed E-state index contributed by atoms with van der Waals surface area (Å²) in [6.07, 6.45) is -0.806. The molecule has 1 aromatic heterocycles. The van der Waals surface area contributed by atoms with Crippen LogP contribution < -0.4 is 21.1 Å². The molecule has 1 saturated heterocycles. The Labute approximate surface area is 241 Å². The fourth-order valence-electron chi connectivity index (χ4n) is 5.01. The van der Waals surface area contributed by atoms with E-state index in [4.69, 9.17) is 10.5 Å². The number of nitrogen functional groups attached to an aromatic ring is 1. The van der Waals surface area contributed by atoms with E-state index in [2.05, 4.69) is 37.3 Å². The molecule has 1 amide bonds. The number of methoxy groups -OCH3 is 1. The Morgan fingerprint density at radius 3 is 2.43 bits per heavy atom. The van der Waals surface area contributed by atoms with E-state index >= 15 is 0 Å². The van der Waals surface area contributed by atoms with Crippen molar-refractivity contribution in [2.45, 2.75) is 31.6 Å². The van der Waals surface area contributed by atoms with Gasteiger partial charge in [0.15, 0.2) is 0 Å². The maximum Gasteiger partial charge on any atom is 0.416 e. The van der Waals surface area contributed by atoms with Crippen molar-refractivity contribution in [1.82, 2.24) is 14.9 Å². The lowest BCUT2D eigenvalue weighted by Crippen LogP contribution is -2.34. The average molecular weight is 575 g/mol. The molecule has 8 nitrogen and oxygen atoms in total. The fourth-order valence-corrected chi connectivity index (χ4v) is 5.01. The third-order valence-corrected chi connectivity index (χ3v) is 7.46. The van der Waals surface area contributed by atoms with Gasteiger partial charge in [-0.3, -0.25) is 4.79 Å². The highest BCUT2D eigenvalue weighted by atomic mass is 19.4. The number of likely N-dealkylation sites (N-methyl/N-ethyl adjacent to an activating group) is 1. The smallest absolute Gasteiger partial charge is 0.416 e. The number of hydrogen-bond acceptors (Lipinski definition) is 7. The Bertz CT molecular complexity index is 1700. The second-order valence-corrected chi connectivity index (χ2v) is 10.1. The normalized spacial score (nSPS) is 17.0. The lowest BCUT2D eigenvalue weighted by Gasteiger charge is -2.24. The Balaban J connectivity index is 1.56. The van der Waals surface area contributed by atoms with E-state index in [9.17, 15) is 18.0 Å². The Morgan fingerprint density at radius 1 is 1.07 bits per heavy atom. The van der Waals surface area contributed by atoms with Gasteiger partial charge in [-0.05, 0) is 44.7 Å². The van der Waals surface area contributed by atoms with Gasteiger partial charge in [0.25, 0.3) is 5.91 Å². The van der Waals surface area contributed by atoms with E-state index in [-0.39, 0.29) is 35.0 Å². The minimum atomic E-state index is -4.59. The maximum absolute atomic E-state index is 13.8. The van der Waals surface area contributed by atoms with Crippen molar-refractivity contribution in [2.75, 3.05) is 37.1 Å². The second kappa shape index (κ2) is 11.6. The molecule has 5 rings (SSSR count). The topological polar surface area (TPSA) is 105 Å². The van der Waals surface area contributed by atoms with Crippen LogP contribution >= 0.6 is 0 Å². The first kappa shape index (κ1) is 28.7. The number of anilines is 3. The number of nitrogens with zero attached hydrogens (tertiary/aromatic N) is 3. The number of fused-ring (bicyclic) bond motifs is 1. The number of halogens is 3. The largest absolute Gasteiger partial charge is 0.495 e. The van der Waals surface area contributed by atoms with Crippen LogP contribution in [0.1, 0.15) is 40.4 Å². The summed E-state index contributed by atoms with van der Waals surface area (Å²) >= 11 is 0. The molecule has 2 atom stereocenters. The molecular formula is C31H29F3N6O2. The molecule has 0 aliphatic carbocycles. The molecule has 0 bridgehead atoms. The summed E-state index contributed by atoms with van der Waals surface area (Å²) in [5.74, 6) is 5.78. The van der Waals surface area contributed by atoms with Crippen molar-refractivity contribution in [3.05, 3.63) is 83.2 Å². The number of rotatable bonds is 5. The molecule has 3 aromatic carbocycles. The fraction of sp³-hybridized carbons (Fsp3) is 0.258. The lowest BCUT2D eigenvalue weighted by molar-refractivity contribution is -0.137. The van der Waals surface area contributed by atoms with Crippen molar-refractivity contribution in [1.29, 1.82) is 0 Å². The summed E-state index contributed by atoms with van der Waals surface area (Å²) in [5, 5.41) is 7.40. The third-order valence-electron chi connectivity index (χ3n) is 7.46. The van der Waals surface area contributed by atoms with Gasteiger partial charge in [-0.1, -0.05) is 36.1 Å². The van der Waals surface area contributed by atoms with E-state index in [0.717, 1.165) is 30.5 Å². The number of aromatic nitrogens is 2. The molecule has 0 saturated carbocycles. The highest BCUT2D eigenvalue weighted by Crippen LogP contribution is 2.37. The number of benzene rings is 3. The van der Waals surface area contributed by atoms with Gasteiger partial charge in [0.1, 0.15) is 5.75 Å². The molecule has 0 spiro atoms. The molecule has 1 aliphatic heterocycles. The van der Waals surface area contributed by atoms with Crippen LogP contribution in [0, 0.1) is 11.8 Å². The number of nitrogens with one attached hydrogen (secondary N) is 2. The number of carbonyl (C=O) groups is 1. The minimum absolute atomic E-state index is 0.00298. The number of ether oxygens (including phenoxy) is 1. The Hall–Kier alpha value is -4.82. The Kier molecular flexibility index (Phi) is 7.91. The molecule has 1 unspecified atom stereocenters. The average Bonchev–Trinajstić information content (AvgIpc) is 3.28. The molecule has 4 aromatic rings. The van der Waals surface area contributed by atoms with Gasteiger partial charge in [0, 0.05) is 47.4 Å². The first-order chi connectivity index (χ1) is 20.0. The van der Waals surface area contributed by atoms with E-state index in [1.54, 1.807) is 18.2 Å². The van der Waals surface area contributed by atoms with Gasteiger partial charge < -0.3 is 26.0 Å². The zero-order valence-corrected chi connectivity index (χ0v) is 23.2. The molecule has 1 fully saturated rings. The highest BCUT2D eigenvalue weighted by molar-refractivity contribution is 6.12. The monoisotopic (exact) mass is 574 g/mol.